The van der Waals surface area contributed by atoms with Gasteiger partial charge in [0.2, 0.25) is 0 Å². The molecule has 1 N–H and O–H groups in total. The van der Waals surface area contributed by atoms with Crippen molar-refractivity contribution >= 4 is 11.6 Å². The lowest BCUT2D eigenvalue weighted by atomic mass is 9.82. The van der Waals surface area contributed by atoms with Crippen LogP contribution in [0.3, 0.4) is 0 Å². The molecule has 4 atom stereocenters. The molecule has 0 radical (unpaired) electrons. The summed E-state index contributed by atoms with van der Waals surface area (Å²) in [7, 11) is 0. The molecule has 92 valence electrons. The second-order valence-corrected chi connectivity index (χ2v) is 6.18. The van der Waals surface area contributed by atoms with E-state index in [1.165, 1.54) is 25.7 Å². The lowest BCUT2D eigenvalue weighted by Gasteiger charge is -2.26. The van der Waals surface area contributed by atoms with Crippen LogP contribution in [0.2, 0.25) is 5.02 Å². The first-order valence-corrected chi connectivity index (χ1v) is 7.02. The van der Waals surface area contributed by atoms with Gasteiger partial charge in [-0.15, -0.1) is 0 Å². The molecule has 17 heavy (non-hydrogen) atoms. The molecule has 0 heterocycles. The van der Waals surface area contributed by atoms with Gasteiger partial charge in [0, 0.05) is 5.02 Å². The fourth-order valence-electron chi connectivity index (χ4n) is 3.82. The minimum atomic E-state index is -0.177. The van der Waals surface area contributed by atoms with E-state index in [4.69, 9.17) is 11.6 Å². The van der Waals surface area contributed by atoms with E-state index in [1.807, 2.05) is 18.2 Å². The normalized spacial score (nSPS) is 32.9. The molecule has 2 fully saturated rings. The van der Waals surface area contributed by atoms with Crippen LogP contribution in [0.15, 0.2) is 24.3 Å². The Bertz CT molecular complexity index is 404. The van der Waals surface area contributed by atoms with Gasteiger partial charge in [-0.2, -0.15) is 0 Å². The Morgan fingerprint density at radius 1 is 1.29 bits per heavy atom. The van der Waals surface area contributed by atoms with E-state index in [-0.39, 0.29) is 6.10 Å². The maximum Gasteiger partial charge on any atom is 0.0611 e. The second-order valence-electron chi connectivity index (χ2n) is 5.74. The maximum absolute atomic E-state index is 10.4. The zero-order chi connectivity index (χ0) is 11.8. The number of aliphatic hydroxyl groups is 1. The Kier molecular flexibility index (Phi) is 3.14. The number of benzene rings is 1. The van der Waals surface area contributed by atoms with Crippen molar-refractivity contribution in [1.29, 1.82) is 0 Å². The van der Waals surface area contributed by atoms with Crippen molar-refractivity contribution in [2.45, 2.75) is 38.2 Å². The van der Waals surface area contributed by atoms with E-state index < -0.39 is 0 Å². The number of hydrogen-bond acceptors (Lipinski definition) is 1. The molecule has 0 spiro atoms. The molecular formula is C15H19ClO. The van der Waals surface area contributed by atoms with Crippen LogP contribution in [-0.4, -0.2) is 11.2 Å². The summed E-state index contributed by atoms with van der Waals surface area (Å²) in [4.78, 5) is 0. The third-order valence-corrected chi connectivity index (χ3v) is 4.86. The van der Waals surface area contributed by atoms with E-state index in [2.05, 4.69) is 6.07 Å². The zero-order valence-electron chi connectivity index (χ0n) is 9.98. The summed E-state index contributed by atoms with van der Waals surface area (Å²) in [6.45, 7) is 0. The second kappa shape index (κ2) is 4.62. The highest BCUT2D eigenvalue weighted by atomic mass is 35.5. The third-order valence-electron chi connectivity index (χ3n) is 4.62. The highest BCUT2D eigenvalue weighted by molar-refractivity contribution is 6.30. The molecule has 2 aliphatic carbocycles. The van der Waals surface area contributed by atoms with Crippen LogP contribution >= 0.6 is 11.6 Å². The third kappa shape index (κ3) is 2.36. The molecular weight excluding hydrogens is 232 g/mol. The van der Waals surface area contributed by atoms with Crippen molar-refractivity contribution < 1.29 is 5.11 Å². The molecule has 0 aromatic heterocycles. The van der Waals surface area contributed by atoms with Crippen LogP contribution < -0.4 is 0 Å². The first kappa shape index (κ1) is 11.6. The molecule has 1 aromatic rings. The SMILES string of the molecule is OC(Cc1cccc(Cl)c1)C1CC2CCC1C2. The number of fused-ring (bicyclic) bond motifs is 2. The number of halogens is 1. The smallest absolute Gasteiger partial charge is 0.0611 e. The van der Waals surface area contributed by atoms with Crippen LogP contribution in [0.4, 0.5) is 0 Å². The van der Waals surface area contributed by atoms with Crippen molar-refractivity contribution in [3.8, 4) is 0 Å². The first-order valence-electron chi connectivity index (χ1n) is 6.65. The molecule has 2 bridgehead atoms. The summed E-state index contributed by atoms with van der Waals surface area (Å²) in [6.07, 6.45) is 5.91. The first-order chi connectivity index (χ1) is 8.22. The lowest BCUT2D eigenvalue weighted by Crippen LogP contribution is -2.27. The van der Waals surface area contributed by atoms with Crippen LogP contribution in [0.1, 0.15) is 31.2 Å². The fraction of sp³-hybridized carbons (Fsp3) is 0.600. The summed E-state index contributed by atoms with van der Waals surface area (Å²) in [6, 6.07) is 7.88. The van der Waals surface area contributed by atoms with E-state index in [0.717, 1.165) is 28.8 Å². The Morgan fingerprint density at radius 3 is 2.82 bits per heavy atom. The number of hydrogen-bond donors (Lipinski definition) is 1. The molecule has 2 heteroatoms. The Hall–Kier alpha value is -0.530. The Labute approximate surface area is 108 Å². The predicted molar refractivity (Wildman–Crippen MR) is 70.1 cm³/mol. The standard InChI is InChI=1S/C15H19ClO/c16-13-3-1-2-10(7-13)9-15(17)14-8-11-4-5-12(14)6-11/h1-3,7,11-12,14-15,17H,4-6,8-9H2. The van der Waals surface area contributed by atoms with Gasteiger partial charge in [-0.3, -0.25) is 0 Å². The summed E-state index contributed by atoms with van der Waals surface area (Å²) in [5.74, 6) is 2.22. The monoisotopic (exact) mass is 250 g/mol. The van der Waals surface area contributed by atoms with Gasteiger partial charge in [-0.1, -0.05) is 30.2 Å². The van der Waals surface area contributed by atoms with Crippen molar-refractivity contribution in [3.63, 3.8) is 0 Å². The van der Waals surface area contributed by atoms with Gasteiger partial charge in [0.15, 0.2) is 0 Å². The van der Waals surface area contributed by atoms with Crippen LogP contribution in [0, 0.1) is 17.8 Å². The van der Waals surface area contributed by atoms with Crippen LogP contribution in [0.25, 0.3) is 0 Å². The largest absolute Gasteiger partial charge is 0.392 e. The predicted octanol–water partition coefficient (Wildman–Crippen LogP) is 3.68. The highest BCUT2D eigenvalue weighted by Crippen LogP contribution is 2.49. The van der Waals surface area contributed by atoms with Gasteiger partial charge >= 0.3 is 0 Å². The van der Waals surface area contributed by atoms with Crippen LogP contribution in [0.5, 0.6) is 0 Å². The van der Waals surface area contributed by atoms with E-state index in [0.29, 0.717) is 5.92 Å². The summed E-state index contributed by atoms with van der Waals surface area (Å²) in [5.41, 5.74) is 1.16. The van der Waals surface area contributed by atoms with Gasteiger partial charge in [-0.25, -0.2) is 0 Å². The summed E-state index contributed by atoms with van der Waals surface area (Å²) < 4.78 is 0. The average Bonchev–Trinajstić information content (AvgIpc) is 2.90. The fourth-order valence-corrected chi connectivity index (χ4v) is 4.03. The molecule has 1 nitrogen and oxygen atoms in total. The zero-order valence-corrected chi connectivity index (χ0v) is 10.7. The quantitative estimate of drug-likeness (QED) is 0.868. The van der Waals surface area contributed by atoms with Crippen LogP contribution in [-0.2, 0) is 6.42 Å². The molecule has 4 unspecified atom stereocenters. The minimum Gasteiger partial charge on any atom is -0.392 e. The van der Waals surface area contributed by atoms with Crippen molar-refractivity contribution in [3.05, 3.63) is 34.9 Å². The summed E-state index contributed by atoms with van der Waals surface area (Å²) in [5, 5.41) is 11.1. The maximum atomic E-state index is 10.4. The lowest BCUT2D eigenvalue weighted by molar-refractivity contribution is 0.0751. The van der Waals surface area contributed by atoms with Gasteiger partial charge in [0.25, 0.3) is 0 Å². The number of aliphatic hydroxyl groups excluding tert-OH is 1. The Balaban J connectivity index is 1.65. The van der Waals surface area contributed by atoms with Crippen molar-refractivity contribution in [2.24, 2.45) is 17.8 Å². The van der Waals surface area contributed by atoms with Gasteiger partial charge in [-0.05, 0) is 61.1 Å². The van der Waals surface area contributed by atoms with Crippen molar-refractivity contribution in [1.82, 2.24) is 0 Å². The van der Waals surface area contributed by atoms with E-state index >= 15 is 0 Å². The molecule has 2 aliphatic rings. The molecule has 0 aliphatic heterocycles. The molecule has 2 saturated carbocycles. The average molecular weight is 251 g/mol. The van der Waals surface area contributed by atoms with Gasteiger partial charge < -0.3 is 5.11 Å². The topological polar surface area (TPSA) is 20.2 Å². The molecule has 0 amide bonds. The van der Waals surface area contributed by atoms with Gasteiger partial charge in [0.1, 0.15) is 0 Å². The summed E-state index contributed by atoms with van der Waals surface area (Å²) >= 11 is 5.97. The van der Waals surface area contributed by atoms with E-state index in [1.54, 1.807) is 0 Å². The molecule has 3 rings (SSSR count). The minimum absolute atomic E-state index is 0.177. The Morgan fingerprint density at radius 2 is 2.18 bits per heavy atom. The molecule has 0 saturated heterocycles. The number of rotatable bonds is 3. The highest BCUT2D eigenvalue weighted by Gasteiger charge is 2.42. The van der Waals surface area contributed by atoms with E-state index in [9.17, 15) is 5.11 Å². The molecule has 1 aromatic carbocycles. The van der Waals surface area contributed by atoms with Gasteiger partial charge in [0.05, 0.1) is 6.10 Å². The van der Waals surface area contributed by atoms with Crippen molar-refractivity contribution in [2.75, 3.05) is 0 Å².